The Hall–Kier alpha value is -3.50. The molecule has 0 aliphatic carbocycles. The Morgan fingerprint density at radius 1 is 1.03 bits per heavy atom. The van der Waals surface area contributed by atoms with Crippen molar-refractivity contribution in [2.45, 2.75) is 43.2 Å². The Morgan fingerprint density at radius 3 is 2.32 bits per heavy atom. The molecule has 1 aliphatic heterocycles. The number of aliphatic carboxylic acids is 1. The first-order chi connectivity index (χ1) is 18.0. The molecule has 0 bridgehead atoms. The topological polar surface area (TPSA) is 147 Å². The maximum absolute atomic E-state index is 13.7. The number of ether oxygens (including phenoxy) is 2. The largest absolute Gasteiger partial charge is 0.479 e. The Morgan fingerprint density at radius 2 is 1.71 bits per heavy atom. The van der Waals surface area contributed by atoms with Crippen LogP contribution in [-0.4, -0.2) is 78.5 Å². The summed E-state index contributed by atoms with van der Waals surface area (Å²) in [4.78, 5) is 12.0. The number of aliphatic hydroxyl groups is 3. The quantitative estimate of drug-likeness (QED) is 0.243. The van der Waals surface area contributed by atoms with E-state index in [4.69, 9.17) is 9.47 Å². The Bertz CT molecular complexity index is 1300. The van der Waals surface area contributed by atoms with Crippen LogP contribution >= 0.6 is 0 Å². The molecule has 3 aromatic rings. The average Bonchev–Trinajstić information content (AvgIpc) is 3.35. The van der Waals surface area contributed by atoms with Crippen LogP contribution in [0.4, 0.5) is 22.0 Å². The van der Waals surface area contributed by atoms with Gasteiger partial charge in [0.15, 0.2) is 35.2 Å². The van der Waals surface area contributed by atoms with Gasteiger partial charge in [-0.1, -0.05) is 11.3 Å². The first kappa shape index (κ1) is 27.5. The molecular formula is C23H20F5N3O7. The second kappa shape index (κ2) is 11.1. The lowest BCUT2D eigenvalue weighted by molar-refractivity contribution is -0.238. The van der Waals surface area contributed by atoms with E-state index in [0.29, 0.717) is 12.1 Å². The highest BCUT2D eigenvalue weighted by Crippen LogP contribution is 2.33. The number of aromatic nitrogens is 3. The van der Waals surface area contributed by atoms with Gasteiger partial charge in [-0.3, -0.25) is 0 Å². The van der Waals surface area contributed by atoms with Crippen molar-refractivity contribution in [3.05, 3.63) is 71.2 Å². The van der Waals surface area contributed by atoms with E-state index in [9.17, 15) is 47.2 Å². The molecule has 2 aromatic carbocycles. The second-order valence-corrected chi connectivity index (χ2v) is 8.45. The molecule has 1 fully saturated rings. The average molecular weight is 545 g/mol. The lowest BCUT2D eigenvalue weighted by Crippen LogP contribution is -2.60. The molecule has 1 aliphatic rings. The van der Waals surface area contributed by atoms with Crippen LogP contribution in [0.2, 0.25) is 0 Å². The van der Waals surface area contributed by atoms with Gasteiger partial charge in [-0.25, -0.2) is 31.4 Å². The Kier molecular flexibility index (Phi) is 8.03. The van der Waals surface area contributed by atoms with Crippen LogP contribution in [0.25, 0.3) is 11.3 Å². The van der Waals surface area contributed by atoms with E-state index < -0.39 is 84.8 Å². The molecule has 10 nitrogen and oxygen atoms in total. The standard InChI is InChI=1S/C23H20F5N3O7/c24-11-2-1-9(3-12(11)25)8-37-22(23(35)36)21-20(34)18(19(33)16(7-32)38-21)31-6-15(29-30-31)10-4-13(26)17(28)14(27)5-10/h1-6,16,18-22,32-34H,7-8H2,(H,35,36)/t16?,18-,19-,20?,21+,22-/m0/s1. The van der Waals surface area contributed by atoms with Crippen molar-refractivity contribution >= 4 is 5.97 Å². The summed E-state index contributed by atoms with van der Waals surface area (Å²) in [5.74, 6) is -8.64. The van der Waals surface area contributed by atoms with Gasteiger partial charge in [0.05, 0.1) is 19.4 Å². The second-order valence-electron chi connectivity index (χ2n) is 8.45. The first-order valence-corrected chi connectivity index (χ1v) is 11.0. The molecule has 6 atom stereocenters. The van der Waals surface area contributed by atoms with Gasteiger partial charge < -0.3 is 29.9 Å². The fraction of sp³-hybridized carbons (Fsp3) is 0.348. The van der Waals surface area contributed by atoms with Crippen molar-refractivity contribution in [1.29, 1.82) is 0 Å². The summed E-state index contributed by atoms with van der Waals surface area (Å²) >= 11 is 0. The molecule has 204 valence electrons. The lowest BCUT2D eigenvalue weighted by Gasteiger charge is -2.43. The predicted octanol–water partition coefficient (Wildman–Crippen LogP) is 1.33. The number of halogens is 5. The number of rotatable bonds is 8. The minimum Gasteiger partial charge on any atom is -0.479 e. The number of nitrogens with zero attached hydrogens (tertiary/aromatic N) is 3. The maximum atomic E-state index is 13.7. The molecule has 0 spiro atoms. The minimum atomic E-state index is -1.93. The number of hydrogen-bond donors (Lipinski definition) is 4. The van der Waals surface area contributed by atoms with Crippen molar-refractivity contribution in [3.63, 3.8) is 0 Å². The van der Waals surface area contributed by atoms with Crippen molar-refractivity contribution in [1.82, 2.24) is 15.0 Å². The third-order valence-corrected chi connectivity index (χ3v) is 5.98. The SMILES string of the molecule is O=C(O)[C@@H](OCc1ccc(F)c(F)c1)[C@@H]1OC(CO)[C@H](O)[C@H](n2cc(-c3cc(F)c(F)c(F)c3)nn2)C1O. The molecule has 4 N–H and O–H groups in total. The highest BCUT2D eigenvalue weighted by Gasteiger charge is 2.50. The summed E-state index contributed by atoms with van der Waals surface area (Å²) in [7, 11) is 0. The zero-order valence-electron chi connectivity index (χ0n) is 19.1. The van der Waals surface area contributed by atoms with Crippen LogP contribution in [0.5, 0.6) is 0 Å². The van der Waals surface area contributed by atoms with Crippen molar-refractivity contribution < 1.29 is 56.6 Å². The highest BCUT2D eigenvalue weighted by molar-refractivity contribution is 5.73. The molecule has 0 radical (unpaired) electrons. The molecule has 15 heteroatoms. The van der Waals surface area contributed by atoms with Gasteiger partial charge in [-0.05, 0) is 29.8 Å². The van der Waals surface area contributed by atoms with Crippen molar-refractivity contribution in [3.8, 4) is 11.3 Å². The number of hydrogen-bond acceptors (Lipinski definition) is 8. The van der Waals surface area contributed by atoms with Crippen molar-refractivity contribution in [2.24, 2.45) is 0 Å². The molecule has 0 amide bonds. The zero-order chi connectivity index (χ0) is 27.7. The third kappa shape index (κ3) is 5.37. The van der Waals surface area contributed by atoms with Crippen LogP contribution in [-0.2, 0) is 20.9 Å². The van der Waals surface area contributed by atoms with E-state index >= 15 is 0 Å². The van der Waals surface area contributed by atoms with Crippen LogP contribution < -0.4 is 0 Å². The number of carbonyl (C=O) groups is 1. The lowest BCUT2D eigenvalue weighted by atomic mass is 9.90. The van der Waals surface area contributed by atoms with E-state index in [2.05, 4.69) is 10.3 Å². The van der Waals surface area contributed by atoms with Gasteiger partial charge in [0.25, 0.3) is 0 Å². The molecule has 0 saturated carbocycles. The summed E-state index contributed by atoms with van der Waals surface area (Å²) in [5.41, 5.74) is -0.345. The van der Waals surface area contributed by atoms with Crippen LogP contribution in [0.3, 0.4) is 0 Å². The summed E-state index contributed by atoms with van der Waals surface area (Å²) < 4.78 is 78.9. The summed E-state index contributed by atoms with van der Waals surface area (Å²) in [6, 6.07) is 2.54. The van der Waals surface area contributed by atoms with Crippen LogP contribution in [0, 0.1) is 29.1 Å². The third-order valence-electron chi connectivity index (χ3n) is 5.98. The minimum absolute atomic E-state index is 0.0652. The number of benzene rings is 2. The summed E-state index contributed by atoms with van der Waals surface area (Å²) in [5, 5.41) is 48.5. The zero-order valence-corrected chi connectivity index (χ0v) is 19.1. The fourth-order valence-corrected chi connectivity index (χ4v) is 4.07. The maximum Gasteiger partial charge on any atom is 0.335 e. The predicted molar refractivity (Wildman–Crippen MR) is 115 cm³/mol. The first-order valence-electron chi connectivity index (χ1n) is 11.0. The Balaban J connectivity index is 1.62. The summed E-state index contributed by atoms with van der Waals surface area (Å²) in [6.07, 6.45) is -7.59. The van der Waals surface area contributed by atoms with Gasteiger partial charge in [-0.15, -0.1) is 5.10 Å². The molecule has 38 heavy (non-hydrogen) atoms. The highest BCUT2D eigenvalue weighted by atomic mass is 19.2. The molecule has 2 heterocycles. The van der Waals surface area contributed by atoms with Gasteiger partial charge in [0, 0.05) is 5.56 Å². The molecule has 4 rings (SSSR count). The number of carboxylic acid groups (broad SMARTS) is 1. The molecular weight excluding hydrogens is 525 g/mol. The molecule has 2 unspecified atom stereocenters. The van der Waals surface area contributed by atoms with E-state index in [1.807, 2.05) is 0 Å². The van der Waals surface area contributed by atoms with Crippen LogP contribution in [0.15, 0.2) is 36.5 Å². The van der Waals surface area contributed by atoms with Gasteiger partial charge in [-0.2, -0.15) is 0 Å². The van der Waals surface area contributed by atoms with E-state index in [1.165, 1.54) is 0 Å². The number of aliphatic hydroxyl groups excluding tert-OH is 3. The van der Waals surface area contributed by atoms with E-state index in [1.54, 1.807) is 0 Å². The Labute approximate surface area is 210 Å². The van der Waals surface area contributed by atoms with Gasteiger partial charge in [0.1, 0.15) is 36.2 Å². The fourth-order valence-electron chi connectivity index (χ4n) is 4.07. The smallest absolute Gasteiger partial charge is 0.335 e. The molecule has 1 aromatic heterocycles. The van der Waals surface area contributed by atoms with Gasteiger partial charge >= 0.3 is 5.97 Å². The molecule has 1 saturated heterocycles. The number of carboxylic acids is 1. The van der Waals surface area contributed by atoms with Gasteiger partial charge in [0.2, 0.25) is 0 Å². The monoisotopic (exact) mass is 545 g/mol. The normalized spacial score (nSPS) is 24.4. The van der Waals surface area contributed by atoms with E-state index in [0.717, 1.165) is 29.1 Å². The summed E-state index contributed by atoms with van der Waals surface area (Å²) in [6.45, 7) is -1.36. The van der Waals surface area contributed by atoms with Crippen LogP contribution in [0.1, 0.15) is 11.6 Å². The van der Waals surface area contributed by atoms with Crippen molar-refractivity contribution in [2.75, 3.05) is 6.61 Å². The van der Waals surface area contributed by atoms with E-state index in [-0.39, 0.29) is 16.8 Å².